The number of carboxylic acid groups (broad SMARTS) is 1. The van der Waals surface area contributed by atoms with E-state index in [9.17, 15) is 9.90 Å². The van der Waals surface area contributed by atoms with Gasteiger partial charge in [0.15, 0.2) is 0 Å². The van der Waals surface area contributed by atoms with Gasteiger partial charge in [0, 0.05) is 25.3 Å². The maximum Gasteiger partial charge on any atom is 0.320 e. The Labute approximate surface area is 119 Å². The Balaban J connectivity index is 1.82. The van der Waals surface area contributed by atoms with Crippen molar-refractivity contribution in [2.75, 3.05) is 0 Å². The average Bonchev–Trinajstić information content (AvgIpc) is 3.04. The highest BCUT2D eigenvalue weighted by Crippen LogP contribution is 2.40. The van der Waals surface area contributed by atoms with Crippen LogP contribution in [0.25, 0.3) is 0 Å². The highest BCUT2D eigenvalue weighted by atomic mass is 16.4. The Bertz CT molecular complexity index is 485. The van der Waals surface area contributed by atoms with E-state index < -0.39 is 5.97 Å². The molecule has 3 unspecified atom stereocenters. The summed E-state index contributed by atoms with van der Waals surface area (Å²) in [6.45, 7) is 3.62. The van der Waals surface area contributed by atoms with E-state index in [0.717, 1.165) is 25.1 Å². The number of hydrogen-bond acceptors (Lipinski definition) is 3. The number of rotatable bonds is 4. The number of fused-ring (bicyclic) bond motifs is 1. The molecule has 0 aromatic carbocycles. The first-order valence-electron chi connectivity index (χ1n) is 7.70. The Morgan fingerprint density at radius 1 is 1.45 bits per heavy atom. The molecule has 0 bridgehead atoms. The van der Waals surface area contributed by atoms with Crippen molar-refractivity contribution in [2.45, 2.75) is 64.2 Å². The summed E-state index contributed by atoms with van der Waals surface area (Å²) in [4.78, 5) is 13.8. The van der Waals surface area contributed by atoms with Gasteiger partial charge < -0.3 is 5.11 Å². The molecule has 1 N–H and O–H groups in total. The van der Waals surface area contributed by atoms with Crippen LogP contribution in [0.15, 0.2) is 12.3 Å². The minimum Gasteiger partial charge on any atom is -0.480 e. The molecule has 2 fully saturated rings. The second-order valence-corrected chi connectivity index (χ2v) is 6.01. The second kappa shape index (κ2) is 5.56. The Morgan fingerprint density at radius 3 is 3.00 bits per heavy atom. The monoisotopic (exact) mass is 277 g/mol. The molecule has 1 saturated carbocycles. The number of carboxylic acids is 1. The summed E-state index contributed by atoms with van der Waals surface area (Å²) in [5.41, 5.74) is 1.13. The summed E-state index contributed by atoms with van der Waals surface area (Å²) in [7, 11) is 0. The molecule has 1 aliphatic carbocycles. The highest BCUT2D eigenvalue weighted by molar-refractivity contribution is 5.74. The fourth-order valence-electron chi connectivity index (χ4n) is 3.99. The van der Waals surface area contributed by atoms with Crippen molar-refractivity contribution in [1.82, 2.24) is 14.7 Å². The number of aromatic nitrogens is 2. The zero-order chi connectivity index (χ0) is 14.1. The molecular formula is C15H23N3O2. The van der Waals surface area contributed by atoms with E-state index in [0.29, 0.717) is 18.5 Å². The second-order valence-electron chi connectivity index (χ2n) is 6.01. The van der Waals surface area contributed by atoms with Crippen molar-refractivity contribution in [3.63, 3.8) is 0 Å². The summed E-state index contributed by atoms with van der Waals surface area (Å²) < 4.78 is 1.97. The standard InChI is InChI=1S/C15H23N3O2/c1-2-18-12(7-8-16-18)10-17-13-6-4-3-5-11(13)9-14(17)15(19)20/h7-8,11,13-14H,2-6,9-10H2,1H3,(H,19,20). The maximum atomic E-state index is 11.6. The third-order valence-electron chi connectivity index (χ3n) is 4.95. The van der Waals surface area contributed by atoms with E-state index in [2.05, 4.69) is 16.9 Å². The van der Waals surface area contributed by atoms with Gasteiger partial charge in [-0.1, -0.05) is 12.8 Å². The van der Waals surface area contributed by atoms with Gasteiger partial charge in [-0.3, -0.25) is 14.4 Å². The summed E-state index contributed by atoms with van der Waals surface area (Å²) >= 11 is 0. The van der Waals surface area contributed by atoms with Crippen LogP contribution in [0, 0.1) is 5.92 Å². The van der Waals surface area contributed by atoms with Crippen molar-refractivity contribution in [1.29, 1.82) is 0 Å². The van der Waals surface area contributed by atoms with E-state index in [1.807, 2.05) is 16.9 Å². The van der Waals surface area contributed by atoms with Crippen molar-refractivity contribution in [3.8, 4) is 0 Å². The number of nitrogens with zero attached hydrogens (tertiary/aromatic N) is 3. The van der Waals surface area contributed by atoms with Crippen LogP contribution in [-0.2, 0) is 17.9 Å². The SMILES string of the molecule is CCn1nccc1CN1C(C(=O)O)CC2CCCCC21. The van der Waals surface area contributed by atoms with Gasteiger partial charge in [0.2, 0.25) is 0 Å². The topological polar surface area (TPSA) is 58.4 Å². The number of likely N-dealkylation sites (tertiary alicyclic amines) is 1. The predicted octanol–water partition coefficient (Wildman–Crippen LogP) is 2.12. The van der Waals surface area contributed by atoms with E-state index in [1.54, 1.807) is 0 Å². The van der Waals surface area contributed by atoms with Crippen LogP contribution in [0.1, 0.15) is 44.7 Å². The number of hydrogen-bond donors (Lipinski definition) is 1. The van der Waals surface area contributed by atoms with Crippen LogP contribution in [0.5, 0.6) is 0 Å². The molecule has 3 atom stereocenters. The smallest absolute Gasteiger partial charge is 0.320 e. The van der Waals surface area contributed by atoms with Crippen LogP contribution in [0.2, 0.25) is 0 Å². The molecule has 1 aromatic heterocycles. The molecular weight excluding hydrogens is 254 g/mol. The number of carbonyl (C=O) groups is 1. The van der Waals surface area contributed by atoms with Crippen molar-refractivity contribution in [3.05, 3.63) is 18.0 Å². The van der Waals surface area contributed by atoms with E-state index in [1.165, 1.54) is 19.3 Å². The molecule has 5 nitrogen and oxygen atoms in total. The van der Waals surface area contributed by atoms with E-state index in [4.69, 9.17) is 0 Å². The predicted molar refractivity (Wildman–Crippen MR) is 75.2 cm³/mol. The number of aliphatic carboxylic acids is 1. The van der Waals surface area contributed by atoms with Gasteiger partial charge in [0.05, 0.1) is 5.69 Å². The van der Waals surface area contributed by atoms with Crippen molar-refractivity contribution >= 4 is 5.97 Å². The fourth-order valence-corrected chi connectivity index (χ4v) is 3.99. The third kappa shape index (κ3) is 2.35. The minimum absolute atomic E-state index is 0.316. The molecule has 110 valence electrons. The van der Waals surface area contributed by atoms with Gasteiger partial charge in [-0.25, -0.2) is 0 Å². The van der Waals surface area contributed by atoms with Crippen molar-refractivity contribution < 1.29 is 9.90 Å². The minimum atomic E-state index is -0.665. The molecule has 5 heteroatoms. The Hall–Kier alpha value is -1.36. The highest BCUT2D eigenvalue weighted by Gasteiger charge is 2.45. The summed E-state index contributed by atoms with van der Waals surface area (Å²) in [6.07, 6.45) is 7.46. The lowest BCUT2D eigenvalue weighted by Gasteiger charge is -2.32. The lowest BCUT2D eigenvalue weighted by Crippen LogP contribution is -2.42. The van der Waals surface area contributed by atoms with Gasteiger partial charge in [0.1, 0.15) is 6.04 Å². The normalized spacial score (nSPS) is 30.4. The average molecular weight is 277 g/mol. The van der Waals surface area contributed by atoms with Gasteiger partial charge in [-0.15, -0.1) is 0 Å². The van der Waals surface area contributed by atoms with E-state index in [-0.39, 0.29) is 6.04 Å². The Kier molecular flexibility index (Phi) is 3.78. The summed E-state index contributed by atoms with van der Waals surface area (Å²) in [5.74, 6) is -0.0928. The lowest BCUT2D eigenvalue weighted by atomic mass is 9.85. The molecule has 1 aromatic rings. The van der Waals surface area contributed by atoms with E-state index >= 15 is 0 Å². The third-order valence-corrected chi connectivity index (χ3v) is 4.95. The van der Waals surface area contributed by atoms with Crippen LogP contribution < -0.4 is 0 Å². The first kappa shape index (κ1) is 13.6. The molecule has 0 radical (unpaired) electrons. The number of aryl methyl sites for hydroxylation is 1. The zero-order valence-corrected chi connectivity index (χ0v) is 12.0. The molecule has 3 rings (SSSR count). The summed E-state index contributed by atoms with van der Waals surface area (Å²) in [6, 6.07) is 2.15. The quantitative estimate of drug-likeness (QED) is 0.916. The summed E-state index contributed by atoms with van der Waals surface area (Å²) in [5, 5.41) is 13.8. The molecule has 1 saturated heterocycles. The van der Waals surface area contributed by atoms with Gasteiger partial charge in [0.25, 0.3) is 0 Å². The fraction of sp³-hybridized carbons (Fsp3) is 0.733. The van der Waals surface area contributed by atoms with Gasteiger partial charge >= 0.3 is 5.97 Å². The first-order valence-corrected chi connectivity index (χ1v) is 7.70. The molecule has 20 heavy (non-hydrogen) atoms. The van der Waals surface area contributed by atoms with Crippen LogP contribution in [0.3, 0.4) is 0 Å². The molecule has 1 aliphatic heterocycles. The first-order chi connectivity index (χ1) is 9.70. The lowest BCUT2D eigenvalue weighted by molar-refractivity contribution is -0.143. The zero-order valence-electron chi connectivity index (χ0n) is 12.0. The Morgan fingerprint density at radius 2 is 2.25 bits per heavy atom. The molecule has 2 aliphatic rings. The van der Waals surface area contributed by atoms with Gasteiger partial charge in [-0.05, 0) is 38.2 Å². The molecule has 2 heterocycles. The largest absolute Gasteiger partial charge is 0.480 e. The maximum absolute atomic E-state index is 11.6. The molecule has 0 amide bonds. The van der Waals surface area contributed by atoms with Crippen LogP contribution in [0.4, 0.5) is 0 Å². The van der Waals surface area contributed by atoms with Crippen molar-refractivity contribution in [2.24, 2.45) is 5.92 Å². The van der Waals surface area contributed by atoms with Crippen LogP contribution >= 0.6 is 0 Å². The van der Waals surface area contributed by atoms with Gasteiger partial charge in [-0.2, -0.15) is 5.10 Å². The molecule has 0 spiro atoms. The van der Waals surface area contributed by atoms with Crippen LogP contribution in [-0.4, -0.2) is 37.8 Å².